The summed E-state index contributed by atoms with van der Waals surface area (Å²) in [7, 11) is 1.87. The molecular formula is C12H12BrNO. The lowest BCUT2D eigenvalue weighted by atomic mass is 10.1. The number of Topliss-reactive ketones (excluding diaryl/α,β-unsaturated/α-hetero) is 1. The highest BCUT2D eigenvalue weighted by Crippen LogP contribution is 2.24. The molecule has 0 aliphatic heterocycles. The van der Waals surface area contributed by atoms with Gasteiger partial charge in [-0.1, -0.05) is 21.9 Å². The van der Waals surface area contributed by atoms with Crippen molar-refractivity contribution in [2.75, 3.05) is 18.5 Å². The van der Waals surface area contributed by atoms with E-state index in [1.165, 1.54) is 0 Å². The highest BCUT2D eigenvalue weighted by atomic mass is 79.9. The Balaban J connectivity index is 3.19. The second-order valence-corrected chi connectivity index (χ2v) is 4.19. The molecule has 0 fully saturated rings. The largest absolute Gasteiger partial charge is 0.363 e. The fourth-order valence-corrected chi connectivity index (χ4v) is 1.69. The van der Waals surface area contributed by atoms with Crippen LogP contribution in [0.15, 0.2) is 22.7 Å². The Morgan fingerprint density at radius 3 is 2.80 bits per heavy atom. The molecule has 0 atom stereocenters. The smallest absolute Gasteiger partial charge is 0.161 e. The van der Waals surface area contributed by atoms with E-state index in [9.17, 15) is 4.79 Å². The normalized spacial score (nSPS) is 9.47. The predicted molar refractivity (Wildman–Crippen MR) is 66.2 cm³/mol. The number of anilines is 1. The van der Waals surface area contributed by atoms with Gasteiger partial charge in [-0.15, -0.1) is 6.42 Å². The molecule has 0 amide bonds. The summed E-state index contributed by atoms with van der Waals surface area (Å²) in [6.45, 7) is 2.03. The van der Waals surface area contributed by atoms with Crippen LogP contribution in [0.3, 0.4) is 0 Å². The van der Waals surface area contributed by atoms with Gasteiger partial charge in [0, 0.05) is 22.8 Å². The van der Waals surface area contributed by atoms with Crippen molar-refractivity contribution in [3.63, 3.8) is 0 Å². The first-order valence-corrected chi connectivity index (χ1v) is 5.30. The fourth-order valence-electron chi connectivity index (χ4n) is 1.34. The third-order valence-electron chi connectivity index (χ3n) is 2.08. The molecule has 15 heavy (non-hydrogen) atoms. The van der Waals surface area contributed by atoms with E-state index in [1.807, 2.05) is 24.1 Å². The molecule has 0 saturated heterocycles. The SMILES string of the molecule is C#CCN(C)c1cc(Br)ccc1C(C)=O. The zero-order chi connectivity index (χ0) is 11.4. The van der Waals surface area contributed by atoms with E-state index in [0.29, 0.717) is 12.1 Å². The van der Waals surface area contributed by atoms with Gasteiger partial charge in [0.1, 0.15) is 0 Å². The standard InChI is InChI=1S/C12H12BrNO/c1-4-7-14(3)12-8-10(13)5-6-11(12)9(2)15/h1,5-6,8H,7H2,2-3H3. The first kappa shape index (κ1) is 11.8. The second-order valence-electron chi connectivity index (χ2n) is 3.28. The number of carbonyl (C=O) groups excluding carboxylic acids is 1. The Morgan fingerprint density at radius 2 is 2.27 bits per heavy atom. The molecule has 2 nitrogen and oxygen atoms in total. The van der Waals surface area contributed by atoms with Crippen molar-refractivity contribution < 1.29 is 4.79 Å². The van der Waals surface area contributed by atoms with E-state index >= 15 is 0 Å². The Kier molecular flexibility index (Phi) is 3.93. The van der Waals surface area contributed by atoms with Gasteiger partial charge in [-0.05, 0) is 25.1 Å². The van der Waals surface area contributed by atoms with Crippen LogP contribution in [-0.4, -0.2) is 19.4 Å². The summed E-state index contributed by atoms with van der Waals surface area (Å²) in [5, 5.41) is 0. The van der Waals surface area contributed by atoms with Crippen LogP contribution < -0.4 is 4.90 Å². The van der Waals surface area contributed by atoms with Gasteiger partial charge in [0.05, 0.1) is 6.54 Å². The van der Waals surface area contributed by atoms with Crippen LogP contribution in [0.2, 0.25) is 0 Å². The van der Waals surface area contributed by atoms with E-state index in [0.717, 1.165) is 10.2 Å². The van der Waals surface area contributed by atoms with Crippen molar-refractivity contribution in [3.05, 3.63) is 28.2 Å². The summed E-state index contributed by atoms with van der Waals surface area (Å²) in [5.41, 5.74) is 1.55. The zero-order valence-electron chi connectivity index (χ0n) is 8.75. The van der Waals surface area contributed by atoms with E-state index < -0.39 is 0 Å². The third kappa shape index (κ3) is 2.84. The highest BCUT2D eigenvalue weighted by molar-refractivity contribution is 9.10. The van der Waals surface area contributed by atoms with E-state index in [-0.39, 0.29) is 5.78 Å². The van der Waals surface area contributed by atoms with Crippen LogP contribution in [-0.2, 0) is 0 Å². The van der Waals surface area contributed by atoms with Crippen molar-refractivity contribution in [1.29, 1.82) is 0 Å². The van der Waals surface area contributed by atoms with Crippen molar-refractivity contribution in [1.82, 2.24) is 0 Å². The Hall–Kier alpha value is -1.27. The summed E-state index contributed by atoms with van der Waals surface area (Å²) in [4.78, 5) is 13.3. The molecule has 0 unspecified atom stereocenters. The maximum absolute atomic E-state index is 11.4. The Morgan fingerprint density at radius 1 is 1.60 bits per heavy atom. The molecule has 0 spiro atoms. The van der Waals surface area contributed by atoms with Crippen LogP contribution >= 0.6 is 15.9 Å². The lowest BCUT2D eigenvalue weighted by Gasteiger charge is -2.19. The molecule has 0 saturated carbocycles. The van der Waals surface area contributed by atoms with Crippen LogP contribution in [0, 0.1) is 12.3 Å². The number of terminal acetylenes is 1. The number of hydrogen-bond acceptors (Lipinski definition) is 2. The molecule has 0 bridgehead atoms. The average Bonchev–Trinajstić information content (AvgIpc) is 2.17. The quantitative estimate of drug-likeness (QED) is 0.619. The first-order valence-electron chi connectivity index (χ1n) is 4.51. The maximum atomic E-state index is 11.4. The van der Waals surface area contributed by atoms with Crippen LogP contribution in [0.25, 0.3) is 0 Å². The first-order chi connectivity index (χ1) is 7.06. The third-order valence-corrected chi connectivity index (χ3v) is 2.57. The van der Waals surface area contributed by atoms with Crippen molar-refractivity contribution in [2.24, 2.45) is 0 Å². The van der Waals surface area contributed by atoms with Crippen LogP contribution in [0.1, 0.15) is 17.3 Å². The molecule has 0 aliphatic rings. The summed E-state index contributed by atoms with van der Waals surface area (Å²) in [5.74, 6) is 2.59. The zero-order valence-corrected chi connectivity index (χ0v) is 10.3. The van der Waals surface area contributed by atoms with Gasteiger partial charge in [-0.2, -0.15) is 0 Å². The van der Waals surface area contributed by atoms with E-state index in [2.05, 4.69) is 21.9 Å². The number of hydrogen-bond donors (Lipinski definition) is 0. The molecule has 0 radical (unpaired) electrons. The van der Waals surface area contributed by atoms with Crippen LogP contribution in [0.4, 0.5) is 5.69 Å². The molecule has 0 aliphatic carbocycles. The summed E-state index contributed by atoms with van der Waals surface area (Å²) in [6, 6.07) is 5.55. The average molecular weight is 266 g/mol. The van der Waals surface area contributed by atoms with Gasteiger partial charge in [0.25, 0.3) is 0 Å². The molecule has 3 heteroatoms. The van der Waals surface area contributed by atoms with Gasteiger partial charge in [-0.3, -0.25) is 4.79 Å². The van der Waals surface area contributed by atoms with Gasteiger partial charge >= 0.3 is 0 Å². The Labute approximate surface area is 98.4 Å². The van der Waals surface area contributed by atoms with Gasteiger partial charge in [0.15, 0.2) is 5.78 Å². The number of halogens is 1. The molecular weight excluding hydrogens is 254 g/mol. The number of nitrogens with zero attached hydrogens (tertiary/aromatic N) is 1. The minimum Gasteiger partial charge on any atom is -0.363 e. The summed E-state index contributed by atoms with van der Waals surface area (Å²) in [6.07, 6.45) is 5.24. The van der Waals surface area contributed by atoms with E-state index in [4.69, 9.17) is 6.42 Å². The van der Waals surface area contributed by atoms with E-state index in [1.54, 1.807) is 13.0 Å². The maximum Gasteiger partial charge on any atom is 0.161 e. The number of rotatable bonds is 3. The summed E-state index contributed by atoms with van der Waals surface area (Å²) < 4.78 is 0.936. The lowest BCUT2D eigenvalue weighted by Crippen LogP contribution is -2.19. The molecule has 1 aromatic carbocycles. The number of carbonyl (C=O) groups is 1. The topological polar surface area (TPSA) is 20.3 Å². The molecule has 78 valence electrons. The molecule has 0 heterocycles. The Bertz CT molecular complexity index is 420. The second kappa shape index (κ2) is 4.99. The molecule has 0 N–H and O–H groups in total. The van der Waals surface area contributed by atoms with Crippen molar-refractivity contribution >= 4 is 27.4 Å². The summed E-state index contributed by atoms with van der Waals surface area (Å²) >= 11 is 3.38. The van der Waals surface area contributed by atoms with Crippen LogP contribution in [0.5, 0.6) is 0 Å². The minimum absolute atomic E-state index is 0.0429. The van der Waals surface area contributed by atoms with Gasteiger partial charge < -0.3 is 4.90 Å². The fraction of sp³-hybridized carbons (Fsp3) is 0.250. The molecule has 0 aromatic heterocycles. The van der Waals surface area contributed by atoms with Crippen molar-refractivity contribution in [2.45, 2.75) is 6.92 Å². The monoisotopic (exact) mass is 265 g/mol. The number of ketones is 1. The minimum atomic E-state index is 0.0429. The highest BCUT2D eigenvalue weighted by Gasteiger charge is 2.10. The van der Waals surface area contributed by atoms with Crippen molar-refractivity contribution in [3.8, 4) is 12.3 Å². The molecule has 1 aromatic rings. The predicted octanol–water partition coefficient (Wildman–Crippen LogP) is 2.72. The van der Waals surface area contributed by atoms with Gasteiger partial charge in [0.2, 0.25) is 0 Å². The molecule has 1 rings (SSSR count). The lowest BCUT2D eigenvalue weighted by molar-refractivity contribution is 0.101. The number of benzene rings is 1. The van der Waals surface area contributed by atoms with Gasteiger partial charge in [-0.25, -0.2) is 0 Å².